The van der Waals surface area contributed by atoms with Crippen LogP contribution in [-0.2, 0) is 19.2 Å². The zero-order valence-corrected chi connectivity index (χ0v) is 21.7. The molecule has 4 rings (SSSR count). The minimum absolute atomic E-state index is 0.0452. The summed E-state index contributed by atoms with van der Waals surface area (Å²) in [6.07, 6.45) is 7.83. The van der Waals surface area contributed by atoms with Crippen LogP contribution in [-0.4, -0.2) is 63.0 Å². The van der Waals surface area contributed by atoms with Gasteiger partial charge in [-0.05, 0) is 94.5 Å². The number of Topliss-reactive ketones (excluding diaryl/α,β-unsaturated/α-hetero) is 1. The number of oxime groups is 1. The van der Waals surface area contributed by atoms with Gasteiger partial charge in [-0.15, -0.1) is 0 Å². The molecule has 200 valence electrons. The number of allylic oxidation sites excluding steroid dienone is 2. The largest absolute Gasteiger partial charge is 0.480 e. The molecule has 0 spiro atoms. The standard InChI is InChI=1S/C27H40N2O7/c1-15(30)23(24(33)34)28-22(32)14-36-29-18-7-10-25(3)17(13-18)5-6-19-20(25)8-11-26(4)21(19)9-12-27(26,35)16(2)31/h13,15,19-21,23,30,35H,5-12,14H2,1-4H3,(H,28,32)(H,33,34)/t15?,19?,20?,21?,23?,25-,26-,27-/m0/s1. The van der Waals surface area contributed by atoms with Crippen molar-refractivity contribution in [1.29, 1.82) is 0 Å². The molecule has 4 aliphatic carbocycles. The molecule has 0 aromatic heterocycles. The third-order valence-electron chi connectivity index (χ3n) is 10.2. The lowest BCUT2D eigenvalue weighted by Crippen LogP contribution is -2.57. The minimum atomic E-state index is -1.40. The molecule has 4 N–H and O–H groups in total. The summed E-state index contributed by atoms with van der Waals surface area (Å²) in [6, 6.07) is -1.40. The van der Waals surface area contributed by atoms with Gasteiger partial charge in [0.25, 0.3) is 5.91 Å². The van der Waals surface area contributed by atoms with Crippen LogP contribution in [0, 0.1) is 28.6 Å². The van der Waals surface area contributed by atoms with Gasteiger partial charge in [0.15, 0.2) is 18.4 Å². The smallest absolute Gasteiger partial charge is 0.328 e. The van der Waals surface area contributed by atoms with Gasteiger partial charge < -0.3 is 25.5 Å². The Bertz CT molecular complexity index is 991. The fraction of sp³-hybridized carbons (Fsp3) is 0.778. The second kappa shape index (κ2) is 9.56. The third kappa shape index (κ3) is 4.28. The first-order chi connectivity index (χ1) is 16.8. The van der Waals surface area contributed by atoms with Crippen molar-refractivity contribution in [1.82, 2.24) is 5.32 Å². The number of hydrogen-bond donors (Lipinski definition) is 4. The predicted octanol–water partition coefficient (Wildman–Crippen LogP) is 2.59. The molecule has 0 heterocycles. The summed E-state index contributed by atoms with van der Waals surface area (Å²) in [5.74, 6) is -0.709. The number of fused-ring (bicyclic) bond motifs is 5. The van der Waals surface area contributed by atoms with E-state index >= 15 is 0 Å². The van der Waals surface area contributed by atoms with E-state index in [9.17, 15) is 24.6 Å². The molecule has 9 heteroatoms. The van der Waals surface area contributed by atoms with Gasteiger partial charge in [-0.25, -0.2) is 4.79 Å². The monoisotopic (exact) mass is 504 g/mol. The first kappa shape index (κ1) is 26.8. The van der Waals surface area contributed by atoms with Crippen molar-refractivity contribution in [3.63, 3.8) is 0 Å². The van der Waals surface area contributed by atoms with Crippen molar-refractivity contribution >= 4 is 23.4 Å². The van der Waals surface area contributed by atoms with Crippen LogP contribution >= 0.6 is 0 Å². The number of nitrogens with one attached hydrogen (secondary N) is 1. The molecular weight excluding hydrogens is 464 g/mol. The molecule has 0 aromatic carbocycles. The van der Waals surface area contributed by atoms with Crippen LogP contribution in [0.2, 0.25) is 0 Å². The van der Waals surface area contributed by atoms with Crippen LogP contribution in [0.4, 0.5) is 0 Å². The van der Waals surface area contributed by atoms with Crippen molar-refractivity contribution in [3.8, 4) is 0 Å². The van der Waals surface area contributed by atoms with Gasteiger partial charge in [-0.3, -0.25) is 9.59 Å². The lowest BCUT2D eigenvalue weighted by Gasteiger charge is -2.59. The van der Waals surface area contributed by atoms with Gasteiger partial charge in [0.2, 0.25) is 0 Å². The highest BCUT2D eigenvalue weighted by Gasteiger charge is 2.65. The molecule has 8 atom stereocenters. The number of nitrogens with zero attached hydrogens (tertiary/aromatic N) is 1. The van der Waals surface area contributed by atoms with Gasteiger partial charge >= 0.3 is 5.97 Å². The molecule has 0 saturated heterocycles. The molecule has 0 aromatic rings. The number of aliphatic hydroxyl groups is 2. The van der Waals surface area contributed by atoms with E-state index in [0.29, 0.717) is 24.2 Å². The normalized spacial score (nSPS) is 40.2. The number of rotatable bonds is 7. The number of carboxylic acids is 1. The van der Waals surface area contributed by atoms with E-state index < -0.39 is 36.2 Å². The molecule has 3 fully saturated rings. The number of aliphatic carboxylic acids is 1. The minimum Gasteiger partial charge on any atom is -0.480 e. The number of carbonyl (C=O) groups excluding carboxylic acids is 2. The summed E-state index contributed by atoms with van der Waals surface area (Å²) >= 11 is 0. The van der Waals surface area contributed by atoms with Gasteiger partial charge in [0.1, 0.15) is 5.60 Å². The zero-order chi connectivity index (χ0) is 26.5. The highest BCUT2D eigenvalue weighted by molar-refractivity contribution is 5.96. The van der Waals surface area contributed by atoms with E-state index in [1.54, 1.807) is 0 Å². The fourth-order valence-electron chi connectivity index (χ4n) is 8.01. The van der Waals surface area contributed by atoms with Crippen molar-refractivity contribution in [3.05, 3.63) is 11.6 Å². The summed E-state index contributed by atoms with van der Waals surface area (Å²) in [5.41, 5.74) is 0.622. The number of aliphatic hydroxyl groups excluding tert-OH is 1. The molecular formula is C27H40N2O7. The molecule has 0 aliphatic heterocycles. The molecule has 1 amide bonds. The van der Waals surface area contributed by atoms with E-state index in [1.165, 1.54) is 19.4 Å². The Balaban J connectivity index is 1.42. The molecule has 3 saturated carbocycles. The SMILES string of the molecule is CC(=O)[C@@]1(O)CCC2C3CCC4=CC(=NOCC(=O)NC(C(=O)O)C(C)O)CC[C@]4(C)C3CC[C@@]21C. The lowest BCUT2D eigenvalue weighted by atomic mass is 9.46. The summed E-state index contributed by atoms with van der Waals surface area (Å²) in [7, 11) is 0. The number of ketones is 1. The Morgan fingerprint density at radius 2 is 1.83 bits per heavy atom. The Hall–Kier alpha value is -2.26. The van der Waals surface area contributed by atoms with Crippen molar-refractivity contribution in [2.75, 3.05) is 6.61 Å². The van der Waals surface area contributed by atoms with Gasteiger partial charge in [-0.1, -0.05) is 24.6 Å². The van der Waals surface area contributed by atoms with Gasteiger partial charge in [0, 0.05) is 5.41 Å². The van der Waals surface area contributed by atoms with Crippen molar-refractivity contribution in [2.24, 2.45) is 33.7 Å². The van der Waals surface area contributed by atoms with E-state index in [4.69, 9.17) is 9.94 Å². The Labute approximate surface area is 212 Å². The number of amides is 1. The van der Waals surface area contributed by atoms with Crippen LogP contribution < -0.4 is 5.32 Å². The molecule has 4 aliphatic rings. The quantitative estimate of drug-likeness (QED) is 0.390. The molecule has 0 bridgehead atoms. The molecule has 5 unspecified atom stereocenters. The highest BCUT2D eigenvalue weighted by Crippen LogP contribution is 2.67. The molecule has 36 heavy (non-hydrogen) atoms. The van der Waals surface area contributed by atoms with Crippen LogP contribution in [0.25, 0.3) is 0 Å². The van der Waals surface area contributed by atoms with E-state index in [-0.39, 0.29) is 16.6 Å². The predicted molar refractivity (Wildman–Crippen MR) is 132 cm³/mol. The summed E-state index contributed by atoms with van der Waals surface area (Å²) in [5, 5.41) is 36.3. The summed E-state index contributed by atoms with van der Waals surface area (Å²) in [6.45, 7) is 6.88. The molecule has 0 radical (unpaired) electrons. The van der Waals surface area contributed by atoms with Crippen LogP contribution in [0.1, 0.15) is 79.1 Å². The maximum Gasteiger partial charge on any atom is 0.328 e. The number of carbonyl (C=O) groups is 3. The van der Waals surface area contributed by atoms with Crippen LogP contribution in [0.3, 0.4) is 0 Å². The van der Waals surface area contributed by atoms with E-state index in [0.717, 1.165) is 50.7 Å². The van der Waals surface area contributed by atoms with E-state index in [1.807, 2.05) is 0 Å². The number of hydrogen-bond acceptors (Lipinski definition) is 7. The second-order valence-electron chi connectivity index (χ2n) is 11.9. The molecule has 9 nitrogen and oxygen atoms in total. The Kier molecular flexibility index (Phi) is 7.11. The first-order valence-electron chi connectivity index (χ1n) is 13.2. The van der Waals surface area contributed by atoms with Gasteiger partial charge in [0.05, 0.1) is 11.8 Å². The lowest BCUT2D eigenvalue weighted by molar-refractivity contribution is -0.159. The maximum absolute atomic E-state index is 12.4. The Morgan fingerprint density at radius 1 is 1.14 bits per heavy atom. The topological polar surface area (TPSA) is 146 Å². The Morgan fingerprint density at radius 3 is 2.47 bits per heavy atom. The van der Waals surface area contributed by atoms with Crippen LogP contribution in [0.5, 0.6) is 0 Å². The fourth-order valence-corrected chi connectivity index (χ4v) is 8.01. The summed E-state index contributed by atoms with van der Waals surface area (Å²) in [4.78, 5) is 40.8. The van der Waals surface area contributed by atoms with Gasteiger partial charge in [-0.2, -0.15) is 0 Å². The third-order valence-corrected chi connectivity index (χ3v) is 10.2. The maximum atomic E-state index is 12.4. The average molecular weight is 505 g/mol. The average Bonchev–Trinajstić information content (AvgIpc) is 3.09. The first-order valence-corrected chi connectivity index (χ1v) is 13.2. The zero-order valence-electron chi connectivity index (χ0n) is 21.7. The highest BCUT2D eigenvalue weighted by atomic mass is 16.6. The van der Waals surface area contributed by atoms with Crippen LogP contribution in [0.15, 0.2) is 16.8 Å². The summed E-state index contributed by atoms with van der Waals surface area (Å²) < 4.78 is 0. The van der Waals surface area contributed by atoms with E-state index in [2.05, 4.69) is 30.4 Å². The van der Waals surface area contributed by atoms with Crippen molar-refractivity contribution in [2.45, 2.75) is 96.8 Å². The second-order valence-corrected chi connectivity index (χ2v) is 11.9. The van der Waals surface area contributed by atoms with Crippen molar-refractivity contribution < 1.29 is 34.5 Å². The number of carboxylic acid groups (broad SMARTS) is 1.